The molecule has 134 valence electrons. The van der Waals surface area contributed by atoms with E-state index in [1.54, 1.807) is 24.3 Å². The summed E-state index contributed by atoms with van der Waals surface area (Å²) in [5, 5.41) is 22.9. The number of ether oxygens (including phenoxy) is 2. The summed E-state index contributed by atoms with van der Waals surface area (Å²) in [4.78, 5) is 11.7. The van der Waals surface area contributed by atoms with Gasteiger partial charge < -0.3 is 25.0 Å². The lowest BCUT2D eigenvalue weighted by atomic mass is 10.0. The first-order valence-corrected chi connectivity index (χ1v) is 8.14. The molecule has 2 rings (SSSR count). The molecule has 0 saturated carbocycles. The first-order chi connectivity index (χ1) is 12.1. The van der Waals surface area contributed by atoms with Crippen LogP contribution in [0.3, 0.4) is 0 Å². The molecule has 2 unspecified atom stereocenters. The van der Waals surface area contributed by atoms with Crippen LogP contribution < -0.4 is 10.1 Å². The quantitative estimate of drug-likeness (QED) is 0.684. The van der Waals surface area contributed by atoms with E-state index in [2.05, 4.69) is 5.32 Å². The topological polar surface area (TPSA) is 88.0 Å². The molecule has 2 atom stereocenters. The zero-order valence-electron chi connectivity index (χ0n) is 14.1. The van der Waals surface area contributed by atoms with Crippen LogP contribution in [-0.2, 0) is 11.3 Å². The normalized spacial score (nSPS) is 12.9. The van der Waals surface area contributed by atoms with Crippen molar-refractivity contribution in [3.63, 3.8) is 0 Å². The van der Waals surface area contributed by atoms with Crippen LogP contribution in [0.25, 0.3) is 0 Å². The molecule has 2 aromatic rings. The van der Waals surface area contributed by atoms with Crippen LogP contribution in [0.5, 0.6) is 5.75 Å². The molecule has 6 nitrogen and oxygen atoms in total. The summed E-state index contributed by atoms with van der Waals surface area (Å²) in [5.41, 5.74) is 1.33. The zero-order valence-corrected chi connectivity index (χ0v) is 14.1. The van der Waals surface area contributed by atoms with Crippen LogP contribution in [0.15, 0.2) is 54.6 Å². The number of alkyl carbamates (subject to hydrolysis) is 1. The van der Waals surface area contributed by atoms with Crippen LogP contribution in [0, 0.1) is 0 Å². The van der Waals surface area contributed by atoms with E-state index < -0.39 is 18.3 Å². The van der Waals surface area contributed by atoms with Gasteiger partial charge in [0.25, 0.3) is 0 Å². The van der Waals surface area contributed by atoms with E-state index in [0.717, 1.165) is 5.56 Å². The molecule has 0 aliphatic rings. The summed E-state index contributed by atoms with van der Waals surface area (Å²) in [6.45, 7) is 2.28. The number of nitrogens with one attached hydrogen (secondary N) is 1. The third-order valence-electron chi connectivity index (χ3n) is 3.57. The third-order valence-corrected chi connectivity index (χ3v) is 3.57. The van der Waals surface area contributed by atoms with E-state index in [9.17, 15) is 15.0 Å². The molecule has 0 saturated heterocycles. The molecule has 0 aliphatic heterocycles. The van der Waals surface area contributed by atoms with Crippen molar-refractivity contribution in [1.29, 1.82) is 0 Å². The maximum Gasteiger partial charge on any atom is 0.407 e. The van der Waals surface area contributed by atoms with Gasteiger partial charge in [-0.15, -0.1) is 0 Å². The van der Waals surface area contributed by atoms with E-state index >= 15 is 0 Å². The maximum absolute atomic E-state index is 11.7. The molecule has 6 heteroatoms. The summed E-state index contributed by atoms with van der Waals surface area (Å²) < 4.78 is 10.5. The number of carbonyl (C=O) groups excluding carboxylic acids is 1. The van der Waals surface area contributed by atoms with Crippen LogP contribution in [-0.4, -0.2) is 35.6 Å². The number of aliphatic hydroxyl groups excluding tert-OH is 2. The largest absolute Gasteiger partial charge is 0.493 e. The van der Waals surface area contributed by atoms with Gasteiger partial charge in [0.05, 0.1) is 6.61 Å². The molecule has 2 aromatic carbocycles. The van der Waals surface area contributed by atoms with Gasteiger partial charge in [-0.25, -0.2) is 4.79 Å². The van der Waals surface area contributed by atoms with Crippen LogP contribution in [0.1, 0.15) is 24.2 Å². The van der Waals surface area contributed by atoms with Gasteiger partial charge in [-0.3, -0.25) is 0 Å². The molecular weight excluding hydrogens is 322 g/mol. The fraction of sp³-hybridized carbons (Fsp3) is 0.316. The van der Waals surface area contributed by atoms with Gasteiger partial charge in [0.15, 0.2) is 0 Å². The number of hydrogen-bond donors (Lipinski definition) is 3. The second-order valence-corrected chi connectivity index (χ2v) is 5.43. The molecule has 3 N–H and O–H groups in total. The third kappa shape index (κ3) is 5.77. The molecule has 0 aliphatic carbocycles. The Balaban J connectivity index is 1.83. The van der Waals surface area contributed by atoms with Gasteiger partial charge in [-0.2, -0.15) is 0 Å². The Bertz CT molecular complexity index is 662. The number of para-hydroxylation sites is 1. The number of benzene rings is 2. The van der Waals surface area contributed by atoms with Crippen molar-refractivity contribution in [2.45, 2.75) is 25.7 Å². The van der Waals surface area contributed by atoms with Gasteiger partial charge in [-0.1, -0.05) is 48.5 Å². The molecule has 1 amide bonds. The van der Waals surface area contributed by atoms with Crippen molar-refractivity contribution in [2.75, 3.05) is 13.2 Å². The number of hydrogen-bond acceptors (Lipinski definition) is 5. The Hall–Kier alpha value is -2.57. The van der Waals surface area contributed by atoms with Crippen molar-refractivity contribution < 1.29 is 24.5 Å². The highest BCUT2D eigenvalue weighted by Gasteiger charge is 2.22. The molecule has 0 spiro atoms. The highest BCUT2D eigenvalue weighted by molar-refractivity contribution is 5.67. The zero-order chi connectivity index (χ0) is 18.1. The van der Waals surface area contributed by atoms with E-state index in [-0.39, 0.29) is 13.2 Å². The molecular formula is C19H23NO5. The monoisotopic (exact) mass is 345 g/mol. The average Bonchev–Trinajstić information content (AvgIpc) is 2.65. The Morgan fingerprint density at radius 2 is 1.76 bits per heavy atom. The van der Waals surface area contributed by atoms with Gasteiger partial charge >= 0.3 is 6.09 Å². The summed E-state index contributed by atoms with van der Waals surface area (Å²) in [6.07, 6.45) is -3.03. The lowest BCUT2D eigenvalue weighted by molar-refractivity contribution is 0.0168. The van der Waals surface area contributed by atoms with Crippen LogP contribution in [0.2, 0.25) is 0 Å². The fourth-order valence-electron chi connectivity index (χ4n) is 2.29. The minimum atomic E-state index is -1.19. The van der Waals surface area contributed by atoms with Crippen molar-refractivity contribution in [3.8, 4) is 5.75 Å². The highest BCUT2D eigenvalue weighted by atomic mass is 16.5. The molecule has 0 bridgehead atoms. The minimum Gasteiger partial charge on any atom is -0.493 e. The summed E-state index contributed by atoms with van der Waals surface area (Å²) in [6, 6.07) is 16.2. The Kier molecular flexibility index (Phi) is 7.25. The molecule has 0 heterocycles. The number of carbonyl (C=O) groups is 1. The molecule has 0 aromatic heterocycles. The van der Waals surface area contributed by atoms with Gasteiger partial charge in [-0.05, 0) is 18.6 Å². The number of amides is 1. The lowest BCUT2D eigenvalue weighted by Crippen LogP contribution is -2.35. The van der Waals surface area contributed by atoms with Crippen molar-refractivity contribution in [1.82, 2.24) is 5.32 Å². The summed E-state index contributed by atoms with van der Waals surface area (Å²) in [5.74, 6) is 0.503. The van der Waals surface area contributed by atoms with Crippen molar-refractivity contribution >= 4 is 6.09 Å². The van der Waals surface area contributed by atoms with Crippen LogP contribution in [0.4, 0.5) is 4.79 Å². The highest BCUT2D eigenvalue weighted by Crippen LogP contribution is 2.27. The van der Waals surface area contributed by atoms with Crippen molar-refractivity contribution in [3.05, 3.63) is 65.7 Å². The fourth-order valence-corrected chi connectivity index (χ4v) is 2.29. The van der Waals surface area contributed by atoms with E-state index in [1.165, 1.54) is 0 Å². The molecule has 25 heavy (non-hydrogen) atoms. The van der Waals surface area contributed by atoms with Gasteiger partial charge in [0.2, 0.25) is 0 Å². The summed E-state index contributed by atoms with van der Waals surface area (Å²) >= 11 is 0. The smallest absolute Gasteiger partial charge is 0.407 e. The predicted octanol–water partition coefficient (Wildman–Crippen LogP) is 2.41. The maximum atomic E-state index is 11.7. The van der Waals surface area contributed by atoms with E-state index in [4.69, 9.17) is 9.47 Å². The lowest BCUT2D eigenvalue weighted by Gasteiger charge is -2.21. The number of rotatable bonds is 8. The van der Waals surface area contributed by atoms with Gasteiger partial charge in [0.1, 0.15) is 24.6 Å². The average molecular weight is 345 g/mol. The Labute approximate surface area is 147 Å². The Morgan fingerprint density at radius 1 is 1.08 bits per heavy atom. The predicted molar refractivity (Wildman–Crippen MR) is 93.2 cm³/mol. The second-order valence-electron chi connectivity index (χ2n) is 5.43. The SMILES string of the molecule is CCOc1ccccc1C(O)C(O)CNC(=O)OCc1ccccc1. The molecule has 0 fully saturated rings. The van der Waals surface area contributed by atoms with Gasteiger partial charge in [0, 0.05) is 12.1 Å². The Morgan fingerprint density at radius 3 is 2.48 bits per heavy atom. The summed E-state index contributed by atoms with van der Waals surface area (Å²) in [7, 11) is 0. The standard InChI is InChI=1S/C19H23NO5/c1-2-24-17-11-7-6-10-15(17)18(22)16(21)12-20-19(23)25-13-14-8-4-3-5-9-14/h3-11,16,18,21-22H,2,12-13H2,1H3,(H,20,23). The number of aliphatic hydroxyl groups is 2. The van der Waals surface area contributed by atoms with Crippen molar-refractivity contribution in [2.24, 2.45) is 0 Å². The van der Waals surface area contributed by atoms with Crippen LogP contribution >= 0.6 is 0 Å². The first-order valence-electron chi connectivity index (χ1n) is 8.14. The van der Waals surface area contributed by atoms with E-state index in [1.807, 2.05) is 37.3 Å². The minimum absolute atomic E-state index is 0.137. The first kappa shape index (κ1) is 18.8. The molecule has 0 radical (unpaired) electrons. The second kappa shape index (κ2) is 9.66. The van der Waals surface area contributed by atoms with E-state index in [0.29, 0.717) is 17.9 Å².